The molecule has 0 radical (unpaired) electrons. The first kappa shape index (κ1) is 27.1. The van der Waals surface area contributed by atoms with Crippen LogP contribution in [0.1, 0.15) is 84.7 Å². The number of amides is 1. The predicted molar refractivity (Wildman–Crippen MR) is 138 cm³/mol. The van der Waals surface area contributed by atoms with Crippen LogP contribution in [-0.2, 0) is 23.9 Å². The first-order valence-corrected chi connectivity index (χ1v) is 13.5. The molecule has 0 unspecified atom stereocenters. The van der Waals surface area contributed by atoms with Gasteiger partial charge in [0.25, 0.3) is 0 Å². The number of cyclic esters (lactones) is 1. The van der Waals surface area contributed by atoms with Crippen molar-refractivity contribution in [3.05, 3.63) is 63.9 Å². The van der Waals surface area contributed by atoms with Crippen molar-refractivity contribution in [3.63, 3.8) is 0 Å². The molecule has 5 rings (SSSR count). The number of hydrogen-bond donors (Lipinski definition) is 0. The van der Waals surface area contributed by atoms with E-state index in [0.29, 0.717) is 39.9 Å². The number of aryl methyl sites for hydroxylation is 3. The molecule has 2 aliphatic rings. The van der Waals surface area contributed by atoms with E-state index in [-0.39, 0.29) is 6.54 Å². The molecular formula is C29H33F3N4O3. The van der Waals surface area contributed by atoms with Gasteiger partial charge in [0.15, 0.2) is 0 Å². The van der Waals surface area contributed by atoms with Crippen LogP contribution in [0, 0.1) is 26.7 Å². The van der Waals surface area contributed by atoms with Gasteiger partial charge in [-0.05, 0) is 57.7 Å². The van der Waals surface area contributed by atoms with Crippen molar-refractivity contribution >= 4 is 6.09 Å². The van der Waals surface area contributed by atoms with Crippen LogP contribution in [0.15, 0.2) is 28.9 Å². The smallest absolute Gasteiger partial charge is 0.416 e. The van der Waals surface area contributed by atoms with Crippen molar-refractivity contribution < 1.29 is 27.2 Å². The first-order chi connectivity index (χ1) is 18.5. The summed E-state index contributed by atoms with van der Waals surface area (Å²) in [6, 6.07) is 3.29. The van der Waals surface area contributed by atoms with Crippen LogP contribution in [0.4, 0.5) is 18.0 Å². The second-order valence-corrected chi connectivity index (χ2v) is 10.9. The highest BCUT2D eigenvalue weighted by molar-refractivity contribution is 5.71. The SMILES string of the molecule is Cc1cc([C@H]2OC(=O)N(Cc3nc(-c4c(C)noc4C)cnc3CC3CCCCC3)[C@H]2C)cc(C(F)(F)F)c1. The zero-order valence-corrected chi connectivity index (χ0v) is 22.6. The molecule has 0 spiro atoms. The normalized spacial score (nSPS) is 20.5. The Labute approximate surface area is 225 Å². The Kier molecular flexibility index (Phi) is 7.39. The summed E-state index contributed by atoms with van der Waals surface area (Å²) < 4.78 is 51.4. The molecule has 1 aromatic carbocycles. The maximum absolute atomic E-state index is 13.5. The van der Waals surface area contributed by atoms with Gasteiger partial charge < -0.3 is 9.26 Å². The van der Waals surface area contributed by atoms with Crippen molar-refractivity contribution in [2.75, 3.05) is 0 Å². The van der Waals surface area contributed by atoms with Crippen molar-refractivity contribution in [2.45, 2.75) is 91.1 Å². The Hall–Kier alpha value is -3.43. The summed E-state index contributed by atoms with van der Waals surface area (Å²) in [6.45, 7) is 7.18. The minimum absolute atomic E-state index is 0.140. The fraction of sp³-hybridized carbons (Fsp3) is 0.517. The van der Waals surface area contributed by atoms with Crippen LogP contribution in [-0.4, -0.2) is 32.2 Å². The topological polar surface area (TPSA) is 81.4 Å². The molecule has 1 amide bonds. The van der Waals surface area contributed by atoms with E-state index in [0.717, 1.165) is 42.7 Å². The molecule has 7 nitrogen and oxygen atoms in total. The average molecular weight is 543 g/mol. The van der Waals surface area contributed by atoms with Crippen LogP contribution >= 0.6 is 0 Å². The predicted octanol–water partition coefficient (Wildman–Crippen LogP) is 7.28. The highest BCUT2D eigenvalue weighted by Gasteiger charge is 2.41. The first-order valence-electron chi connectivity index (χ1n) is 13.5. The number of ether oxygens (including phenoxy) is 1. The van der Waals surface area contributed by atoms with Gasteiger partial charge in [-0.15, -0.1) is 0 Å². The summed E-state index contributed by atoms with van der Waals surface area (Å²) >= 11 is 0. The van der Waals surface area contributed by atoms with Crippen LogP contribution in [0.2, 0.25) is 0 Å². The monoisotopic (exact) mass is 542 g/mol. The number of alkyl halides is 3. The summed E-state index contributed by atoms with van der Waals surface area (Å²) in [5.41, 5.74) is 3.58. The van der Waals surface area contributed by atoms with Gasteiger partial charge >= 0.3 is 12.3 Å². The molecule has 2 aromatic heterocycles. The third-order valence-corrected chi connectivity index (χ3v) is 7.90. The molecule has 3 aromatic rings. The lowest BCUT2D eigenvalue weighted by atomic mass is 9.85. The van der Waals surface area contributed by atoms with Crippen molar-refractivity contribution in [1.29, 1.82) is 0 Å². The van der Waals surface area contributed by atoms with Crippen LogP contribution in [0.3, 0.4) is 0 Å². The maximum atomic E-state index is 13.5. The van der Waals surface area contributed by atoms with Gasteiger partial charge in [0, 0.05) is 0 Å². The van der Waals surface area contributed by atoms with Crippen LogP contribution in [0.5, 0.6) is 0 Å². The summed E-state index contributed by atoms with van der Waals surface area (Å²) in [7, 11) is 0. The minimum Gasteiger partial charge on any atom is -0.439 e. The van der Waals surface area contributed by atoms with Gasteiger partial charge in [0.2, 0.25) is 0 Å². The molecule has 2 fully saturated rings. The van der Waals surface area contributed by atoms with E-state index in [1.807, 2.05) is 13.8 Å². The van der Waals surface area contributed by atoms with Gasteiger partial charge in [-0.3, -0.25) is 9.88 Å². The Morgan fingerprint density at radius 2 is 1.79 bits per heavy atom. The number of carbonyl (C=O) groups excluding carboxylic acids is 1. The number of nitrogens with zero attached hydrogens (tertiary/aromatic N) is 4. The average Bonchev–Trinajstić information content (AvgIpc) is 3.37. The van der Waals surface area contributed by atoms with E-state index in [2.05, 4.69) is 5.16 Å². The van der Waals surface area contributed by atoms with Gasteiger partial charge in [-0.2, -0.15) is 13.2 Å². The fourth-order valence-corrected chi connectivity index (χ4v) is 5.84. The molecule has 0 bridgehead atoms. The van der Waals surface area contributed by atoms with E-state index >= 15 is 0 Å². The van der Waals surface area contributed by atoms with Crippen molar-refractivity contribution in [1.82, 2.24) is 20.0 Å². The van der Waals surface area contributed by atoms with E-state index in [9.17, 15) is 18.0 Å². The molecule has 1 saturated carbocycles. The second-order valence-electron chi connectivity index (χ2n) is 10.9. The van der Waals surface area contributed by atoms with E-state index in [4.69, 9.17) is 19.2 Å². The van der Waals surface area contributed by atoms with Gasteiger partial charge in [-0.1, -0.05) is 48.9 Å². The standard InChI is InChI=1S/C29H33F3N4O3/c1-16-10-21(13-22(11-16)29(30,31)32)27-18(3)36(28(37)38-27)15-25-23(12-20-8-6-5-7-9-20)33-14-24(34-25)26-17(2)35-39-19(26)4/h10-11,13-14,18,20,27H,5-9,12,15H2,1-4H3/t18-,27-/m0/s1. The quantitative estimate of drug-likeness (QED) is 0.326. The summed E-state index contributed by atoms with van der Waals surface area (Å²) in [6.07, 6.45) is 2.47. The zero-order valence-electron chi connectivity index (χ0n) is 22.6. The van der Waals surface area contributed by atoms with E-state index in [1.54, 1.807) is 26.1 Å². The lowest BCUT2D eigenvalue weighted by Crippen LogP contribution is -2.32. The number of halogens is 3. The van der Waals surface area contributed by atoms with Crippen LogP contribution in [0.25, 0.3) is 11.3 Å². The number of rotatable bonds is 6. The third kappa shape index (κ3) is 5.65. The summed E-state index contributed by atoms with van der Waals surface area (Å²) in [5.74, 6) is 1.13. The van der Waals surface area contributed by atoms with Gasteiger partial charge in [-0.25, -0.2) is 9.78 Å². The summed E-state index contributed by atoms with van der Waals surface area (Å²) in [5, 5.41) is 4.03. The van der Waals surface area contributed by atoms with Gasteiger partial charge in [0.05, 0.1) is 52.7 Å². The Morgan fingerprint density at radius 3 is 2.46 bits per heavy atom. The third-order valence-electron chi connectivity index (χ3n) is 7.90. The van der Waals surface area contributed by atoms with E-state index < -0.39 is 30.0 Å². The molecule has 0 N–H and O–H groups in total. The van der Waals surface area contributed by atoms with Gasteiger partial charge in [0.1, 0.15) is 11.9 Å². The largest absolute Gasteiger partial charge is 0.439 e. The molecule has 10 heteroatoms. The van der Waals surface area contributed by atoms with Crippen molar-refractivity contribution in [3.8, 4) is 11.3 Å². The summed E-state index contributed by atoms with van der Waals surface area (Å²) in [4.78, 5) is 24.3. The fourth-order valence-electron chi connectivity index (χ4n) is 5.84. The second kappa shape index (κ2) is 10.6. The lowest BCUT2D eigenvalue weighted by Gasteiger charge is -2.24. The zero-order chi connectivity index (χ0) is 27.9. The number of aromatic nitrogens is 3. The molecule has 1 aliphatic heterocycles. The molecule has 3 heterocycles. The van der Waals surface area contributed by atoms with Crippen molar-refractivity contribution in [2.24, 2.45) is 5.92 Å². The highest BCUT2D eigenvalue weighted by atomic mass is 19.4. The molecule has 1 aliphatic carbocycles. The highest BCUT2D eigenvalue weighted by Crippen LogP contribution is 2.38. The molecule has 208 valence electrons. The minimum atomic E-state index is -4.49. The Balaban J connectivity index is 1.46. The van der Waals surface area contributed by atoms with E-state index in [1.165, 1.54) is 24.2 Å². The lowest BCUT2D eigenvalue weighted by molar-refractivity contribution is -0.137. The maximum Gasteiger partial charge on any atom is 0.416 e. The molecule has 2 atom stereocenters. The number of hydrogen-bond acceptors (Lipinski definition) is 6. The number of benzene rings is 1. The Bertz CT molecular complexity index is 1340. The molecule has 39 heavy (non-hydrogen) atoms. The molecule has 1 saturated heterocycles. The van der Waals surface area contributed by atoms with Crippen LogP contribution < -0.4 is 0 Å². The molecular weight excluding hydrogens is 509 g/mol. The number of carbonyl (C=O) groups is 1. The Morgan fingerprint density at radius 1 is 1.05 bits per heavy atom.